The van der Waals surface area contributed by atoms with Gasteiger partial charge >= 0.3 is 0 Å². The SMILES string of the molecule is CCC1CCC(NCC(C)C#N)C1. The van der Waals surface area contributed by atoms with Crippen molar-refractivity contribution in [2.24, 2.45) is 11.8 Å². The third-order valence-electron chi connectivity index (χ3n) is 3.05. The first-order valence-electron chi connectivity index (χ1n) is 5.39. The van der Waals surface area contributed by atoms with Crippen molar-refractivity contribution in [1.29, 1.82) is 5.26 Å². The summed E-state index contributed by atoms with van der Waals surface area (Å²) in [6, 6.07) is 2.93. The van der Waals surface area contributed by atoms with Crippen LogP contribution in [-0.4, -0.2) is 12.6 Å². The van der Waals surface area contributed by atoms with Gasteiger partial charge in [0.1, 0.15) is 0 Å². The summed E-state index contributed by atoms with van der Waals surface area (Å²) in [5.74, 6) is 1.08. The summed E-state index contributed by atoms with van der Waals surface area (Å²) in [6.45, 7) is 5.10. The van der Waals surface area contributed by atoms with Crippen LogP contribution in [0.1, 0.15) is 39.5 Å². The molecule has 74 valence electrons. The molecule has 3 unspecified atom stereocenters. The highest BCUT2D eigenvalue weighted by molar-refractivity contribution is 4.85. The Hall–Kier alpha value is -0.550. The molecule has 1 N–H and O–H groups in total. The molecule has 0 heterocycles. The summed E-state index contributed by atoms with van der Waals surface area (Å²) in [7, 11) is 0. The fourth-order valence-corrected chi connectivity index (χ4v) is 2.02. The van der Waals surface area contributed by atoms with E-state index < -0.39 is 0 Å². The fourth-order valence-electron chi connectivity index (χ4n) is 2.02. The van der Waals surface area contributed by atoms with Crippen LogP contribution in [0.5, 0.6) is 0 Å². The monoisotopic (exact) mass is 180 g/mol. The average molecular weight is 180 g/mol. The van der Waals surface area contributed by atoms with Crippen molar-refractivity contribution in [1.82, 2.24) is 5.32 Å². The van der Waals surface area contributed by atoms with Gasteiger partial charge in [-0.2, -0.15) is 5.26 Å². The zero-order valence-electron chi connectivity index (χ0n) is 8.71. The van der Waals surface area contributed by atoms with Gasteiger partial charge in [0.15, 0.2) is 0 Å². The number of rotatable bonds is 4. The molecule has 0 saturated heterocycles. The summed E-state index contributed by atoms with van der Waals surface area (Å²) in [4.78, 5) is 0. The van der Waals surface area contributed by atoms with Gasteiger partial charge in [0.25, 0.3) is 0 Å². The van der Waals surface area contributed by atoms with E-state index in [1.54, 1.807) is 0 Å². The molecule has 0 aromatic rings. The van der Waals surface area contributed by atoms with Crippen molar-refractivity contribution >= 4 is 0 Å². The second-order valence-electron chi connectivity index (χ2n) is 4.22. The minimum absolute atomic E-state index is 0.153. The standard InChI is InChI=1S/C11H20N2/c1-3-10-4-5-11(6-10)13-8-9(2)7-12/h9-11,13H,3-6,8H2,1-2H3. The second-order valence-corrected chi connectivity index (χ2v) is 4.22. The molecule has 0 spiro atoms. The quantitative estimate of drug-likeness (QED) is 0.720. The van der Waals surface area contributed by atoms with Gasteiger partial charge in [-0.1, -0.05) is 13.3 Å². The minimum Gasteiger partial charge on any atom is -0.313 e. The number of nitriles is 1. The zero-order valence-corrected chi connectivity index (χ0v) is 8.71. The molecule has 0 amide bonds. The topological polar surface area (TPSA) is 35.8 Å². The van der Waals surface area contributed by atoms with Crippen LogP contribution in [0.15, 0.2) is 0 Å². The Kier molecular flexibility index (Phi) is 4.24. The number of hydrogen-bond acceptors (Lipinski definition) is 2. The number of nitrogens with one attached hydrogen (secondary N) is 1. The van der Waals surface area contributed by atoms with E-state index in [2.05, 4.69) is 18.3 Å². The summed E-state index contributed by atoms with van der Waals surface area (Å²) in [6.07, 6.45) is 5.30. The van der Waals surface area contributed by atoms with Gasteiger partial charge in [0, 0.05) is 12.6 Å². The van der Waals surface area contributed by atoms with Crippen molar-refractivity contribution in [2.45, 2.75) is 45.6 Å². The lowest BCUT2D eigenvalue weighted by Gasteiger charge is -2.13. The Balaban J connectivity index is 2.14. The van der Waals surface area contributed by atoms with Crippen LogP contribution in [-0.2, 0) is 0 Å². The first-order valence-corrected chi connectivity index (χ1v) is 5.39. The predicted molar refractivity (Wildman–Crippen MR) is 54.2 cm³/mol. The van der Waals surface area contributed by atoms with Gasteiger partial charge in [-0.3, -0.25) is 0 Å². The molecule has 2 nitrogen and oxygen atoms in total. The first kappa shape index (κ1) is 10.5. The lowest BCUT2D eigenvalue weighted by atomic mass is 10.1. The van der Waals surface area contributed by atoms with E-state index >= 15 is 0 Å². The largest absolute Gasteiger partial charge is 0.313 e. The van der Waals surface area contributed by atoms with Crippen LogP contribution in [0.3, 0.4) is 0 Å². The van der Waals surface area contributed by atoms with Gasteiger partial charge in [-0.05, 0) is 32.1 Å². The molecule has 1 aliphatic rings. The van der Waals surface area contributed by atoms with Gasteiger partial charge in [0.05, 0.1) is 12.0 Å². The first-order chi connectivity index (χ1) is 6.26. The Morgan fingerprint density at radius 1 is 1.54 bits per heavy atom. The van der Waals surface area contributed by atoms with Crippen LogP contribution in [0.25, 0.3) is 0 Å². The van der Waals surface area contributed by atoms with E-state index in [1.807, 2.05) is 6.92 Å². The molecular formula is C11H20N2. The maximum Gasteiger partial charge on any atom is 0.0666 e. The molecule has 13 heavy (non-hydrogen) atoms. The van der Waals surface area contributed by atoms with E-state index in [-0.39, 0.29) is 5.92 Å². The van der Waals surface area contributed by atoms with Crippen LogP contribution in [0.4, 0.5) is 0 Å². The average Bonchev–Trinajstić information content (AvgIpc) is 2.61. The van der Waals surface area contributed by atoms with Crippen LogP contribution in [0, 0.1) is 23.2 Å². The lowest BCUT2D eigenvalue weighted by Crippen LogP contribution is -2.30. The molecular weight excluding hydrogens is 160 g/mol. The molecule has 0 radical (unpaired) electrons. The van der Waals surface area contributed by atoms with Gasteiger partial charge < -0.3 is 5.32 Å². The molecule has 0 aliphatic heterocycles. The summed E-state index contributed by atoms with van der Waals surface area (Å²) in [5.41, 5.74) is 0. The molecule has 0 aromatic carbocycles. The smallest absolute Gasteiger partial charge is 0.0666 e. The van der Waals surface area contributed by atoms with E-state index in [0.717, 1.165) is 12.5 Å². The normalized spacial score (nSPS) is 29.9. The van der Waals surface area contributed by atoms with Crippen LogP contribution in [0.2, 0.25) is 0 Å². The third kappa shape index (κ3) is 3.36. The van der Waals surface area contributed by atoms with E-state index in [1.165, 1.54) is 25.7 Å². The third-order valence-corrected chi connectivity index (χ3v) is 3.05. The zero-order chi connectivity index (χ0) is 9.68. The van der Waals surface area contributed by atoms with E-state index in [0.29, 0.717) is 6.04 Å². The molecule has 1 saturated carbocycles. The Bertz CT molecular complexity index is 183. The highest BCUT2D eigenvalue weighted by Gasteiger charge is 2.22. The van der Waals surface area contributed by atoms with Crippen molar-refractivity contribution in [3.05, 3.63) is 0 Å². The maximum atomic E-state index is 8.62. The summed E-state index contributed by atoms with van der Waals surface area (Å²) in [5, 5.41) is 12.1. The van der Waals surface area contributed by atoms with Gasteiger partial charge in [-0.15, -0.1) is 0 Å². The van der Waals surface area contributed by atoms with Gasteiger partial charge in [0.2, 0.25) is 0 Å². The van der Waals surface area contributed by atoms with Gasteiger partial charge in [-0.25, -0.2) is 0 Å². The number of nitrogens with zero attached hydrogens (tertiary/aromatic N) is 1. The molecule has 1 rings (SSSR count). The fraction of sp³-hybridized carbons (Fsp3) is 0.909. The molecule has 3 atom stereocenters. The molecule has 2 heteroatoms. The number of hydrogen-bond donors (Lipinski definition) is 1. The van der Waals surface area contributed by atoms with Crippen LogP contribution < -0.4 is 5.32 Å². The predicted octanol–water partition coefficient (Wildman–Crippen LogP) is 2.31. The highest BCUT2D eigenvalue weighted by atomic mass is 14.9. The molecule has 1 fully saturated rings. The maximum absolute atomic E-state index is 8.62. The van der Waals surface area contributed by atoms with Crippen LogP contribution >= 0.6 is 0 Å². The molecule has 0 bridgehead atoms. The van der Waals surface area contributed by atoms with Crippen molar-refractivity contribution in [3.63, 3.8) is 0 Å². The van der Waals surface area contributed by atoms with Crippen molar-refractivity contribution < 1.29 is 0 Å². The molecule has 1 aliphatic carbocycles. The van der Waals surface area contributed by atoms with E-state index in [4.69, 9.17) is 5.26 Å². The minimum atomic E-state index is 0.153. The Labute approximate surface area is 81.3 Å². The second kappa shape index (κ2) is 5.24. The highest BCUT2D eigenvalue weighted by Crippen LogP contribution is 2.27. The Morgan fingerprint density at radius 2 is 2.31 bits per heavy atom. The summed E-state index contributed by atoms with van der Waals surface area (Å²) >= 11 is 0. The van der Waals surface area contributed by atoms with Crippen molar-refractivity contribution in [2.75, 3.05) is 6.54 Å². The van der Waals surface area contributed by atoms with Crippen molar-refractivity contribution in [3.8, 4) is 6.07 Å². The Morgan fingerprint density at radius 3 is 2.85 bits per heavy atom. The van der Waals surface area contributed by atoms with E-state index in [9.17, 15) is 0 Å². The lowest BCUT2D eigenvalue weighted by molar-refractivity contribution is 0.461. The molecule has 0 aromatic heterocycles. The summed E-state index contributed by atoms with van der Waals surface area (Å²) < 4.78 is 0.